The van der Waals surface area contributed by atoms with E-state index < -0.39 is 0 Å². The fraction of sp³-hybridized carbons (Fsp3) is 0.458. The highest BCUT2D eigenvalue weighted by Gasteiger charge is 2.25. The van der Waals surface area contributed by atoms with E-state index in [1.807, 2.05) is 19.2 Å². The van der Waals surface area contributed by atoms with Crippen molar-refractivity contribution < 1.29 is 9.53 Å². The molecule has 3 heterocycles. The second kappa shape index (κ2) is 11.0. The molecule has 1 aromatic carbocycles. The average Bonchev–Trinajstić information content (AvgIpc) is 2.84. The van der Waals surface area contributed by atoms with Crippen LogP contribution in [0.15, 0.2) is 37.1 Å². The van der Waals surface area contributed by atoms with Gasteiger partial charge in [0.05, 0.1) is 24.4 Å². The number of aromatic nitrogens is 4. The Morgan fingerprint density at radius 3 is 2.85 bits per heavy atom. The smallest absolute Gasteiger partial charge is 0.237 e. The maximum atomic E-state index is 12.4. The number of ether oxygens (including phenoxy) is 1. The van der Waals surface area contributed by atoms with E-state index >= 15 is 0 Å². The first-order chi connectivity index (χ1) is 16.1. The zero-order chi connectivity index (χ0) is 23.0. The molecule has 0 bridgehead atoms. The molecule has 1 aliphatic heterocycles. The number of amides is 1. The highest BCUT2D eigenvalue weighted by Crippen LogP contribution is 2.35. The number of carbonyl (C=O) groups is 1. The highest BCUT2D eigenvalue weighted by molar-refractivity contribution is 5.90. The lowest BCUT2D eigenvalue weighted by Crippen LogP contribution is -2.47. The van der Waals surface area contributed by atoms with Crippen LogP contribution >= 0.6 is 0 Å². The van der Waals surface area contributed by atoms with Crippen LogP contribution in [0, 0.1) is 0 Å². The van der Waals surface area contributed by atoms with Gasteiger partial charge in [0.1, 0.15) is 17.7 Å². The quantitative estimate of drug-likeness (QED) is 0.479. The van der Waals surface area contributed by atoms with Crippen LogP contribution in [0.2, 0.25) is 0 Å². The standard InChI is InChI=1S/C24H31N7O2/c1-31-11-5-3-7-20(31)24(32)28-10-4-2-6-12-33-23-18(17-13-26-16-27-14-17)8-9-19-22(23)30-21(25)15-29-19/h8-9,13-16,20H,2-7,10-12H2,1H3,(H2,25,30)(H,28,32). The number of nitrogens with one attached hydrogen (secondary N) is 1. The van der Waals surface area contributed by atoms with E-state index in [0.717, 1.165) is 55.3 Å². The van der Waals surface area contributed by atoms with Crippen LogP contribution in [0.4, 0.5) is 5.82 Å². The molecule has 33 heavy (non-hydrogen) atoms. The van der Waals surface area contributed by atoms with Crippen molar-refractivity contribution in [1.82, 2.24) is 30.2 Å². The lowest BCUT2D eigenvalue weighted by molar-refractivity contribution is -0.127. The average molecular weight is 450 g/mol. The monoisotopic (exact) mass is 449 g/mol. The maximum Gasteiger partial charge on any atom is 0.237 e. The molecule has 1 atom stereocenters. The van der Waals surface area contributed by atoms with Gasteiger partial charge in [0.2, 0.25) is 5.91 Å². The molecular weight excluding hydrogens is 418 g/mol. The molecule has 0 aliphatic carbocycles. The van der Waals surface area contributed by atoms with Crippen molar-refractivity contribution in [3.8, 4) is 16.9 Å². The first kappa shape index (κ1) is 22.8. The van der Waals surface area contributed by atoms with Gasteiger partial charge in [0.15, 0.2) is 5.75 Å². The number of nitrogens with zero attached hydrogens (tertiary/aromatic N) is 5. The fourth-order valence-electron chi connectivity index (χ4n) is 4.19. The van der Waals surface area contributed by atoms with Crippen molar-refractivity contribution in [3.63, 3.8) is 0 Å². The number of hydrogen-bond donors (Lipinski definition) is 2. The third-order valence-electron chi connectivity index (χ3n) is 6.00. The molecule has 4 rings (SSSR count). The Bertz CT molecular complexity index is 1080. The van der Waals surface area contributed by atoms with Crippen molar-refractivity contribution in [2.75, 3.05) is 32.5 Å². The molecule has 1 unspecified atom stereocenters. The predicted molar refractivity (Wildman–Crippen MR) is 128 cm³/mol. The zero-order valence-corrected chi connectivity index (χ0v) is 19.0. The topological polar surface area (TPSA) is 119 Å². The Balaban J connectivity index is 1.32. The van der Waals surface area contributed by atoms with Crippen LogP contribution in [0.5, 0.6) is 5.75 Å². The van der Waals surface area contributed by atoms with Gasteiger partial charge in [-0.05, 0) is 57.8 Å². The van der Waals surface area contributed by atoms with Crippen molar-refractivity contribution in [2.24, 2.45) is 0 Å². The number of rotatable bonds is 9. The lowest BCUT2D eigenvalue weighted by atomic mass is 10.0. The van der Waals surface area contributed by atoms with Crippen LogP contribution in [-0.4, -0.2) is 63.5 Å². The predicted octanol–water partition coefficient (Wildman–Crippen LogP) is 2.82. The Morgan fingerprint density at radius 1 is 1.18 bits per heavy atom. The molecule has 0 saturated carbocycles. The van der Waals surface area contributed by atoms with Gasteiger partial charge in [-0.2, -0.15) is 0 Å². The Kier molecular flexibility index (Phi) is 7.62. The number of fused-ring (bicyclic) bond motifs is 1. The molecular formula is C24H31N7O2. The summed E-state index contributed by atoms with van der Waals surface area (Å²) in [6.07, 6.45) is 12.5. The number of benzene rings is 1. The molecule has 1 amide bonds. The number of carbonyl (C=O) groups excluding carboxylic acids is 1. The summed E-state index contributed by atoms with van der Waals surface area (Å²) in [6.45, 7) is 2.21. The number of nitrogens with two attached hydrogens (primary N) is 1. The molecule has 9 nitrogen and oxygen atoms in total. The molecule has 3 N–H and O–H groups in total. The van der Waals surface area contributed by atoms with Gasteiger partial charge in [-0.1, -0.05) is 6.42 Å². The van der Waals surface area contributed by atoms with Crippen LogP contribution in [0.3, 0.4) is 0 Å². The summed E-state index contributed by atoms with van der Waals surface area (Å²) in [5, 5.41) is 3.08. The van der Waals surface area contributed by atoms with Gasteiger partial charge in [0, 0.05) is 30.1 Å². The summed E-state index contributed by atoms with van der Waals surface area (Å²) in [7, 11) is 2.03. The summed E-state index contributed by atoms with van der Waals surface area (Å²) >= 11 is 0. The van der Waals surface area contributed by atoms with E-state index in [2.05, 4.69) is 30.2 Å². The molecule has 2 aromatic heterocycles. The number of unbranched alkanes of at least 4 members (excludes halogenated alkanes) is 2. The minimum Gasteiger partial charge on any atom is -0.491 e. The SMILES string of the molecule is CN1CCCCC1C(=O)NCCCCCOc1c(-c2cncnc2)ccc2ncc(N)nc12. The number of likely N-dealkylation sites (N-methyl/N-ethyl adjacent to an activating group) is 1. The van der Waals surface area contributed by atoms with Crippen molar-refractivity contribution in [2.45, 2.75) is 44.6 Å². The Hall–Kier alpha value is -3.33. The van der Waals surface area contributed by atoms with E-state index in [4.69, 9.17) is 10.5 Å². The van der Waals surface area contributed by atoms with E-state index in [-0.39, 0.29) is 11.9 Å². The molecule has 9 heteroatoms. The molecule has 174 valence electrons. The first-order valence-electron chi connectivity index (χ1n) is 11.5. The summed E-state index contributed by atoms with van der Waals surface area (Å²) in [4.78, 5) is 31.6. The van der Waals surface area contributed by atoms with E-state index in [9.17, 15) is 4.79 Å². The number of anilines is 1. The zero-order valence-electron chi connectivity index (χ0n) is 19.0. The van der Waals surface area contributed by atoms with E-state index in [1.54, 1.807) is 12.4 Å². The summed E-state index contributed by atoms with van der Waals surface area (Å²) < 4.78 is 6.19. The molecule has 1 aliphatic rings. The lowest BCUT2D eigenvalue weighted by Gasteiger charge is -2.31. The van der Waals surface area contributed by atoms with Crippen LogP contribution in [-0.2, 0) is 4.79 Å². The third-order valence-corrected chi connectivity index (χ3v) is 6.00. The van der Waals surface area contributed by atoms with Crippen molar-refractivity contribution in [3.05, 3.63) is 37.1 Å². The maximum absolute atomic E-state index is 12.4. The second-order valence-corrected chi connectivity index (χ2v) is 8.42. The van der Waals surface area contributed by atoms with Crippen molar-refractivity contribution in [1.29, 1.82) is 0 Å². The second-order valence-electron chi connectivity index (χ2n) is 8.42. The van der Waals surface area contributed by atoms with Crippen LogP contribution in [0.25, 0.3) is 22.2 Å². The summed E-state index contributed by atoms with van der Waals surface area (Å²) in [6, 6.07) is 3.85. The summed E-state index contributed by atoms with van der Waals surface area (Å²) in [5.74, 6) is 1.12. The minimum atomic E-state index is 0.0161. The largest absolute Gasteiger partial charge is 0.491 e. The highest BCUT2D eigenvalue weighted by atomic mass is 16.5. The third kappa shape index (κ3) is 5.73. The normalized spacial score (nSPS) is 16.6. The van der Waals surface area contributed by atoms with Gasteiger partial charge in [-0.25, -0.2) is 15.0 Å². The number of likely N-dealkylation sites (tertiary alicyclic amines) is 1. The first-order valence-corrected chi connectivity index (χ1v) is 11.5. The van der Waals surface area contributed by atoms with Gasteiger partial charge in [-0.15, -0.1) is 0 Å². The minimum absolute atomic E-state index is 0.0161. The van der Waals surface area contributed by atoms with E-state index in [0.29, 0.717) is 30.2 Å². The fourth-order valence-corrected chi connectivity index (χ4v) is 4.19. The molecule has 1 fully saturated rings. The van der Waals surface area contributed by atoms with Crippen molar-refractivity contribution >= 4 is 22.8 Å². The number of nitrogen functional groups attached to an aromatic ring is 1. The Morgan fingerprint density at radius 2 is 2.03 bits per heavy atom. The number of piperidine rings is 1. The molecule has 0 radical (unpaired) electrons. The Labute approximate surface area is 193 Å². The molecule has 0 spiro atoms. The number of hydrogen-bond acceptors (Lipinski definition) is 8. The van der Waals surface area contributed by atoms with Gasteiger partial charge in [0.25, 0.3) is 0 Å². The van der Waals surface area contributed by atoms with Crippen LogP contribution < -0.4 is 15.8 Å². The van der Waals surface area contributed by atoms with Gasteiger partial charge in [-0.3, -0.25) is 14.7 Å². The van der Waals surface area contributed by atoms with Gasteiger partial charge < -0.3 is 15.8 Å². The van der Waals surface area contributed by atoms with E-state index in [1.165, 1.54) is 18.9 Å². The molecule has 1 saturated heterocycles. The molecule has 3 aromatic rings. The van der Waals surface area contributed by atoms with Crippen LogP contribution in [0.1, 0.15) is 38.5 Å². The summed E-state index contributed by atoms with van der Waals surface area (Å²) in [5.41, 5.74) is 8.92. The van der Waals surface area contributed by atoms with Gasteiger partial charge >= 0.3 is 0 Å².